The molecule has 0 amide bonds. The Morgan fingerprint density at radius 1 is 1.33 bits per heavy atom. The quantitative estimate of drug-likeness (QED) is 0.286. The van der Waals surface area contributed by atoms with Gasteiger partial charge in [0.1, 0.15) is 0 Å². The molecule has 0 aromatic heterocycles. The van der Waals surface area contributed by atoms with Crippen molar-refractivity contribution in [2.45, 2.75) is 0 Å². The monoisotopic (exact) mass is 292 g/mol. The van der Waals surface area contributed by atoms with Gasteiger partial charge in [-0.05, 0) is 0 Å². The van der Waals surface area contributed by atoms with Gasteiger partial charge in [-0.2, -0.15) is 0 Å². The van der Waals surface area contributed by atoms with Gasteiger partial charge in [0, 0.05) is 0 Å². The molecule has 0 atom stereocenters. The molecule has 0 aliphatic carbocycles. The topological polar surface area (TPSA) is 97.7 Å². The molecule has 0 aromatic carbocycles. The first-order valence-corrected chi connectivity index (χ1v) is 0.548. The second-order valence-corrected chi connectivity index (χ2v) is 0.224. The number of hydrogen-bond acceptors (Lipinski definition) is 3. The Kier molecular flexibility index (Phi) is 24.6. The Morgan fingerprint density at radius 3 is 1.33 bits per heavy atom. The van der Waals surface area contributed by atoms with Gasteiger partial charge in [0.2, 0.25) is 0 Å². The van der Waals surface area contributed by atoms with Crippen molar-refractivity contribution in [3.8, 4) is 0 Å². The summed E-state index contributed by atoms with van der Waals surface area (Å²) < 4.78 is 0. The minimum atomic E-state index is -1.75. The van der Waals surface area contributed by atoms with Gasteiger partial charge in [-0.1, -0.05) is 0 Å². The minimum absolute atomic E-state index is 0. The Bertz CT molecular complexity index is 30.5. The summed E-state index contributed by atoms with van der Waals surface area (Å²) in [4.78, 5) is 8.25. The molecule has 0 spiro atoms. The van der Waals surface area contributed by atoms with Crippen molar-refractivity contribution < 1.29 is 10.6 Å². The summed E-state index contributed by atoms with van der Waals surface area (Å²) in [5, 5.41) is 14.8. The average Bonchev–Trinajstić information content (AvgIpc) is 0.811. The summed E-state index contributed by atoms with van der Waals surface area (Å²) in [6.45, 7) is 0. The maximum atomic E-state index is 8.25. The molecule has 0 aliphatic rings. The van der Waals surface area contributed by atoms with E-state index in [1.165, 1.54) is 0 Å². The van der Waals surface area contributed by atoms with Gasteiger partial charge in [0.15, 0.2) is 0 Å². The molecule has 0 bridgehead atoms. The zero-order valence-corrected chi connectivity index (χ0v) is 8.38. The number of hydrogen-bond donors (Lipinski definition) is 0. The predicted octanol–water partition coefficient (Wildman–Crippen LogP) is -2.25. The van der Waals surface area contributed by atoms with E-state index in [0.717, 1.165) is 0 Å². The zero-order valence-electron chi connectivity index (χ0n) is 2.88. The molecular weight excluding hydrogens is 287 g/mol. The van der Waals surface area contributed by atoms with E-state index < -0.39 is 5.09 Å². The van der Waals surface area contributed by atoms with Crippen LogP contribution >= 0.6 is 0 Å². The molecular formula is H5BiNO4-. The molecule has 40 valence electrons. The van der Waals surface area contributed by atoms with Crippen molar-refractivity contribution in [3.05, 3.63) is 15.3 Å². The van der Waals surface area contributed by atoms with Crippen LogP contribution in [-0.2, 0) is 0 Å². The van der Waals surface area contributed by atoms with Gasteiger partial charge in [-0.15, -0.1) is 0 Å². The predicted molar refractivity (Wildman–Crippen MR) is 23.9 cm³/mol. The molecule has 6 heavy (non-hydrogen) atoms. The maximum absolute atomic E-state index is 8.25. The third-order valence-electron chi connectivity index (χ3n) is 0. The Morgan fingerprint density at radius 2 is 1.33 bits per heavy atom. The van der Waals surface area contributed by atoms with E-state index in [-0.39, 0.29) is 31.7 Å². The molecule has 6 heteroatoms. The zero-order chi connectivity index (χ0) is 3.58. The summed E-state index contributed by atoms with van der Waals surface area (Å²) in [6.07, 6.45) is 0. The first-order valence-electron chi connectivity index (χ1n) is 0.548. The van der Waals surface area contributed by atoms with Gasteiger partial charge in [0.05, 0.1) is 5.09 Å². The van der Waals surface area contributed by atoms with E-state index in [4.69, 9.17) is 15.3 Å². The molecule has 0 fully saturated rings. The van der Waals surface area contributed by atoms with Crippen molar-refractivity contribution in [3.63, 3.8) is 0 Å². The number of nitrogens with zero attached hydrogens (tertiary/aromatic N) is 1. The molecule has 0 saturated carbocycles. The van der Waals surface area contributed by atoms with Crippen LogP contribution in [0.5, 0.6) is 0 Å². The number of rotatable bonds is 0. The summed E-state index contributed by atoms with van der Waals surface area (Å²) >= 11 is 0. The Hall–Kier alpha value is 0.0431. The van der Waals surface area contributed by atoms with E-state index in [2.05, 4.69) is 0 Å². The van der Waals surface area contributed by atoms with Crippen molar-refractivity contribution in [2.75, 3.05) is 0 Å². The van der Waals surface area contributed by atoms with Gasteiger partial charge >= 0.3 is 26.2 Å². The van der Waals surface area contributed by atoms with Gasteiger partial charge in [0.25, 0.3) is 0 Å². The van der Waals surface area contributed by atoms with E-state index in [9.17, 15) is 0 Å². The van der Waals surface area contributed by atoms with Gasteiger partial charge in [-0.25, -0.2) is 0 Å². The van der Waals surface area contributed by atoms with Crippen LogP contribution in [0.15, 0.2) is 0 Å². The van der Waals surface area contributed by atoms with Crippen molar-refractivity contribution in [2.24, 2.45) is 0 Å². The van der Waals surface area contributed by atoms with Crippen molar-refractivity contribution in [1.82, 2.24) is 0 Å². The molecule has 5 nitrogen and oxygen atoms in total. The SMILES string of the molecule is O.O=[N+]([O-])[O-].[BiH3]. The molecule has 0 aromatic rings. The summed E-state index contributed by atoms with van der Waals surface area (Å²) in [6, 6.07) is 0. The van der Waals surface area contributed by atoms with Gasteiger partial charge < -0.3 is 20.8 Å². The van der Waals surface area contributed by atoms with Gasteiger partial charge in [-0.3, -0.25) is 0 Å². The molecule has 2 N–H and O–H groups in total. The Labute approximate surface area is 52.5 Å². The van der Waals surface area contributed by atoms with E-state index in [1.807, 2.05) is 0 Å². The fourth-order valence-electron chi connectivity index (χ4n) is 0. The van der Waals surface area contributed by atoms with Crippen LogP contribution in [0.4, 0.5) is 0 Å². The van der Waals surface area contributed by atoms with Crippen LogP contribution in [0.3, 0.4) is 0 Å². The van der Waals surface area contributed by atoms with E-state index in [0.29, 0.717) is 0 Å². The van der Waals surface area contributed by atoms with Crippen LogP contribution in [0.2, 0.25) is 0 Å². The van der Waals surface area contributed by atoms with Crippen LogP contribution in [0, 0.1) is 15.3 Å². The molecule has 0 saturated heterocycles. The van der Waals surface area contributed by atoms with Crippen LogP contribution in [0.25, 0.3) is 0 Å². The fraction of sp³-hybridized carbons (Fsp3) is 0. The summed E-state index contributed by atoms with van der Waals surface area (Å²) in [5.74, 6) is 0. The van der Waals surface area contributed by atoms with Crippen molar-refractivity contribution in [1.29, 1.82) is 0 Å². The molecule has 0 unspecified atom stereocenters. The molecule has 0 rings (SSSR count). The van der Waals surface area contributed by atoms with Crippen LogP contribution < -0.4 is 0 Å². The third-order valence-corrected chi connectivity index (χ3v) is 0. The second-order valence-electron chi connectivity index (χ2n) is 0.224. The molecule has 0 radical (unpaired) electrons. The fourth-order valence-corrected chi connectivity index (χ4v) is 0. The second kappa shape index (κ2) is 8.90. The first-order chi connectivity index (χ1) is 1.73. The van der Waals surface area contributed by atoms with E-state index >= 15 is 0 Å². The van der Waals surface area contributed by atoms with E-state index in [1.54, 1.807) is 0 Å². The third kappa shape index (κ3) is 20100. The van der Waals surface area contributed by atoms with Crippen LogP contribution in [0.1, 0.15) is 0 Å². The normalized spacial score (nSPS) is 4.00. The standard InChI is InChI=1S/Bi.NO3.H2O.3H/c;2-1(3)4;;;;/h;;1H2;;;/q;-1;;;;. The summed E-state index contributed by atoms with van der Waals surface area (Å²) in [5.41, 5.74) is 0. The van der Waals surface area contributed by atoms with Crippen LogP contribution in [-0.4, -0.2) is 36.8 Å². The Balaban J connectivity index is -0.0000000450. The molecule has 0 aliphatic heterocycles. The average molecular weight is 292 g/mol. The molecule has 0 heterocycles. The van der Waals surface area contributed by atoms with Crippen molar-refractivity contribution >= 4 is 26.2 Å². The summed E-state index contributed by atoms with van der Waals surface area (Å²) in [7, 11) is 0. The first kappa shape index (κ1) is 16.6.